The summed E-state index contributed by atoms with van der Waals surface area (Å²) in [5, 5.41) is 9.65. The number of esters is 1. The quantitative estimate of drug-likeness (QED) is 0.797. The molecule has 5 heteroatoms. The average molecular weight is 267 g/mol. The summed E-state index contributed by atoms with van der Waals surface area (Å²) < 4.78 is 10.1. The van der Waals surface area contributed by atoms with E-state index < -0.39 is 11.5 Å². The Morgan fingerprint density at radius 2 is 2.11 bits per heavy atom. The third kappa shape index (κ3) is 3.17. The molecule has 19 heavy (non-hydrogen) atoms. The number of carbonyl (C=O) groups excluding carboxylic acids is 1. The molecule has 0 saturated carbocycles. The molecule has 106 valence electrons. The van der Waals surface area contributed by atoms with Crippen molar-refractivity contribution in [3.8, 4) is 11.5 Å². The summed E-state index contributed by atoms with van der Waals surface area (Å²) in [6, 6.07) is 4.27. The fourth-order valence-electron chi connectivity index (χ4n) is 1.80. The van der Waals surface area contributed by atoms with Crippen molar-refractivity contribution in [1.82, 2.24) is 0 Å². The van der Waals surface area contributed by atoms with Gasteiger partial charge in [-0.2, -0.15) is 0 Å². The van der Waals surface area contributed by atoms with Crippen LogP contribution < -0.4 is 10.5 Å². The molecule has 0 aromatic heterocycles. The van der Waals surface area contributed by atoms with Crippen LogP contribution in [0.15, 0.2) is 18.2 Å². The van der Waals surface area contributed by atoms with Gasteiger partial charge in [0.25, 0.3) is 0 Å². The van der Waals surface area contributed by atoms with E-state index in [1.165, 1.54) is 13.2 Å². The van der Waals surface area contributed by atoms with Crippen LogP contribution in [0.4, 0.5) is 0 Å². The lowest BCUT2D eigenvalue weighted by molar-refractivity contribution is -0.152. The Morgan fingerprint density at radius 3 is 2.63 bits per heavy atom. The largest absolute Gasteiger partial charge is 0.504 e. The zero-order valence-electron chi connectivity index (χ0n) is 11.8. The van der Waals surface area contributed by atoms with Gasteiger partial charge >= 0.3 is 5.97 Å². The second kappa shape index (κ2) is 5.93. The number of ether oxygens (including phenoxy) is 2. The van der Waals surface area contributed by atoms with Crippen molar-refractivity contribution in [2.45, 2.75) is 26.8 Å². The van der Waals surface area contributed by atoms with Gasteiger partial charge < -0.3 is 20.3 Å². The van der Waals surface area contributed by atoms with Crippen LogP contribution in [0.1, 0.15) is 32.4 Å². The molecule has 0 saturated heterocycles. The monoisotopic (exact) mass is 267 g/mol. The SMILES string of the molecule is CCOc1cc([C@@H](N)C(C)(C)C(=O)OC)ccc1O. The van der Waals surface area contributed by atoms with E-state index in [9.17, 15) is 9.90 Å². The zero-order valence-corrected chi connectivity index (χ0v) is 11.8. The van der Waals surface area contributed by atoms with Crippen LogP contribution in [0.5, 0.6) is 11.5 Å². The van der Waals surface area contributed by atoms with E-state index in [4.69, 9.17) is 15.2 Å². The van der Waals surface area contributed by atoms with E-state index in [0.29, 0.717) is 17.9 Å². The maximum absolute atomic E-state index is 11.7. The van der Waals surface area contributed by atoms with Gasteiger partial charge in [-0.3, -0.25) is 4.79 Å². The van der Waals surface area contributed by atoms with Gasteiger partial charge in [0.2, 0.25) is 0 Å². The second-order valence-electron chi connectivity index (χ2n) is 4.85. The van der Waals surface area contributed by atoms with Gasteiger partial charge in [-0.1, -0.05) is 6.07 Å². The maximum atomic E-state index is 11.7. The molecule has 1 rings (SSSR count). The Kier molecular flexibility index (Phi) is 4.78. The van der Waals surface area contributed by atoms with Crippen LogP contribution >= 0.6 is 0 Å². The summed E-state index contributed by atoms with van der Waals surface area (Å²) in [5.74, 6) is 0.0239. The highest BCUT2D eigenvalue weighted by molar-refractivity contribution is 5.77. The van der Waals surface area contributed by atoms with E-state index in [-0.39, 0.29) is 11.7 Å². The topological polar surface area (TPSA) is 81.8 Å². The molecule has 0 aliphatic rings. The first kappa shape index (κ1) is 15.3. The van der Waals surface area contributed by atoms with E-state index in [0.717, 1.165) is 0 Å². The lowest BCUT2D eigenvalue weighted by Gasteiger charge is -2.29. The maximum Gasteiger partial charge on any atom is 0.313 e. The molecule has 1 aromatic rings. The molecule has 1 atom stereocenters. The summed E-state index contributed by atoms with van der Waals surface area (Å²) in [5.41, 5.74) is 5.97. The van der Waals surface area contributed by atoms with E-state index in [2.05, 4.69) is 0 Å². The number of benzene rings is 1. The number of phenols is 1. The number of nitrogens with two attached hydrogens (primary N) is 1. The predicted molar refractivity (Wildman–Crippen MR) is 72.0 cm³/mol. The lowest BCUT2D eigenvalue weighted by atomic mass is 9.81. The van der Waals surface area contributed by atoms with Gasteiger partial charge in [0.1, 0.15) is 0 Å². The lowest BCUT2D eigenvalue weighted by Crippen LogP contribution is -2.37. The molecule has 0 aliphatic carbocycles. The van der Waals surface area contributed by atoms with Crippen molar-refractivity contribution < 1.29 is 19.4 Å². The first-order valence-corrected chi connectivity index (χ1v) is 6.14. The van der Waals surface area contributed by atoms with Gasteiger partial charge in [0, 0.05) is 6.04 Å². The van der Waals surface area contributed by atoms with Gasteiger partial charge in [0.05, 0.1) is 19.1 Å². The Labute approximate surface area is 113 Å². The van der Waals surface area contributed by atoms with Gasteiger partial charge in [-0.25, -0.2) is 0 Å². The highest BCUT2D eigenvalue weighted by atomic mass is 16.5. The number of phenolic OH excluding ortho intramolecular Hbond substituents is 1. The summed E-state index contributed by atoms with van der Waals surface area (Å²) in [6.07, 6.45) is 0. The van der Waals surface area contributed by atoms with Crippen molar-refractivity contribution in [3.05, 3.63) is 23.8 Å². The smallest absolute Gasteiger partial charge is 0.313 e. The molecule has 0 radical (unpaired) electrons. The van der Waals surface area contributed by atoms with Crippen molar-refractivity contribution >= 4 is 5.97 Å². The fraction of sp³-hybridized carbons (Fsp3) is 0.500. The third-order valence-electron chi connectivity index (χ3n) is 3.13. The average Bonchev–Trinajstić information content (AvgIpc) is 2.39. The minimum absolute atomic E-state index is 0.0497. The normalized spacial score (nSPS) is 12.9. The summed E-state index contributed by atoms with van der Waals surface area (Å²) in [4.78, 5) is 11.7. The minimum atomic E-state index is -0.866. The van der Waals surface area contributed by atoms with E-state index >= 15 is 0 Å². The number of methoxy groups -OCH3 is 1. The van der Waals surface area contributed by atoms with Crippen LogP contribution in [0.2, 0.25) is 0 Å². The van der Waals surface area contributed by atoms with Gasteiger partial charge in [-0.05, 0) is 38.5 Å². The van der Waals surface area contributed by atoms with Crippen LogP contribution in [0, 0.1) is 5.41 Å². The molecule has 0 heterocycles. The number of hydrogen-bond acceptors (Lipinski definition) is 5. The van der Waals surface area contributed by atoms with Crippen LogP contribution in [-0.4, -0.2) is 24.8 Å². The zero-order chi connectivity index (χ0) is 14.6. The van der Waals surface area contributed by atoms with Gasteiger partial charge in [-0.15, -0.1) is 0 Å². The Bertz CT molecular complexity index is 457. The Morgan fingerprint density at radius 1 is 1.47 bits per heavy atom. The van der Waals surface area contributed by atoms with Gasteiger partial charge in [0.15, 0.2) is 11.5 Å². The molecule has 0 spiro atoms. The van der Waals surface area contributed by atoms with Crippen molar-refractivity contribution in [2.75, 3.05) is 13.7 Å². The van der Waals surface area contributed by atoms with Crippen LogP contribution in [-0.2, 0) is 9.53 Å². The molecule has 0 aliphatic heterocycles. The first-order chi connectivity index (χ1) is 8.84. The molecule has 5 nitrogen and oxygen atoms in total. The first-order valence-electron chi connectivity index (χ1n) is 6.14. The predicted octanol–water partition coefficient (Wildman–Crippen LogP) is 1.99. The molecule has 0 amide bonds. The van der Waals surface area contributed by atoms with Crippen LogP contribution in [0.25, 0.3) is 0 Å². The van der Waals surface area contributed by atoms with E-state index in [1.807, 2.05) is 6.92 Å². The van der Waals surface area contributed by atoms with Crippen LogP contribution in [0.3, 0.4) is 0 Å². The Hall–Kier alpha value is -1.75. The summed E-state index contributed by atoms with van der Waals surface area (Å²) in [6.45, 7) is 5.70. The minimum Gasteiger partial charge on any atom is -0.504 e. The Balaban J connectivity index is 3.09. The molecule has 3 N–H and O–H groups in total. The highest BCUT2D eigenvalue weighted by Crippen LogP contribution is 2.36. The molecule has 0 bridgehead atoms. The molecular formula is C14H21NO4. The number of rotatable bonds is 5. The molecular weight excluding hydrogens is 246 g/mol. The van der Waals surface area contributed by atoms with Crippen molar-refractivity contribution in [1.29, 1.82) is 0 Å². The summed E-state index contributed by atoms with van der Waals surface area (Å²) in [7, 11) is 1.33. The summed E-state index contributed by atoms with van der Waals surface area (Å²) >= 11 is 0. The molecule has 0 unspecified atom stereocenters. The standard InChI is InChI=1S/C14H21NO4/c1-5-19-11-8-9(6-7-10(11)16)12(15)14(2,3)13(17)18-4/h6-8,12,16H,5,15H2,1-4H3/t12-/m1/s1. The third-order valence-corrected chi connectivity index (χ3v) is 3.13. The number of hydrogen-bond donors (Lipinski definition) is 2. The molecule has 0 fully saturated rings. The van der Waals surface area contributed by atoms with E-state index in [1.54, 1.807) is 26.0 Å². The fourth-order valence-corrected chi connectivity index (χ4v) is 1.80. The van der Waals surface area contributed by atoms with Crippen molar-refractivity contribution in [2.24, 2.45) is 11.1 Å². The van der Waals surface area contributed by atoms with Crippen molar-refractivity contribution in [3.63, 3.8) is 0 Å². The molecule has 1 aromatic carbocycles. The second-order valence-corrected chi connectivity index (χ2v) is 4.85. The number of carbonyl (C=O) groups is 1. The highest BCUT2D eigenvalue weighted by Gasteiger charge is 2.36. The number of aromatic hydroxyl groups is 1.